The molecular weight excluding hydrogens is 431 g/mol. The summed E-state index contributed by atoms with van der Waals surface area (Å²) in [6, 6.07) is 8.82. The number of nitrogens with zero attached hydrogens (tertiary/aromatic N) is 3. The van der Waals surface area contributed by atoms with Crippen LogP contribution >= 0.6 is 0 Å². The van der Waals surface area contributed by atoms with Crippen LogP contribution in [0.1, 0.15) is 11.1 Å². The normalized spacial score (nSPS) is 14.4. The van der Waals surface area contributed by atoms with E-state index in [1.165, 1.54) is 30.5 Å². The number of alkyl halides is 3. The van der Waals surface area contributed by atoms with Gasteiger partial charge in [-0.2, -0.15) is 18.3 Å². The number of amides is 1. The van der Waals surface area contributed by atoms with Gasteiger partial charge in [0, 0.05) is 42.2 Å². The van der Waals surface area contributed by atoms with Crippen LogP contribution in [0.4, 0.5) is 30.2 Å². The number of anilines is 2. The molecule has 0 unspecified atom stereocenters. The Balaban J connectivity index is 1.64. The Morgan fingerprint density at radius 2 is 1.97 bits per heavy atom. The topological polar surface area (TPSA) is 109 Å². The molecule has 1 fully saturated rings. The standard InChI is InChI=1S/C20H20F3N5O4/c21-20(22,23)15-2-1-3-16(11-15)24-13-19(29)26-25-12-14-10-17(28(30)31)4-5-18(14)27-6-8-32-9-7-27/h1-5,10-12,24H,6-9,13H2,(H,26,29)/b25-12-. The van der Waals surface area contributed by atoms with Gasteiger partial charge in [-0.1, -0.05) is 6.07 Å². The summed E-state index contributed by atoms with van der Waals surface area (Å²) in [5, 5.41) is 17.5. The van der Waals surface area contributed by atoms with Crippen molar-refractivity contribution < 1.29 is 27.6 Å². The summed E-state index contributed by atoms with van der Waals surface area (Å²) < 4.78 is 43.6. The zero-order valence-corrected chi connectivity index (χ0v) is 16.8. The van der Waals surface area contributed by atoms with Crippen molar-refractivity contribution in [3.05, 3.63) is 63.7 Å². The second-order valence-electron chi connectivity index (χ2n) is 6.82. The fraction of sp³-hybridized carbons (Fsp3) is 0.300. The number of carbonyl (C=O) groups is 1. The highest BCUT2D eigenvalue weighted by Crippen LogP contribution is 2.30. The first-order chi connectivity index (χ1) is 15.2. The summed E-state index contributed by atoms with van der Waals surface area (Å²) >= 11 is 0. The van der Waals surface area contributed by atoms with Crippen molar-refractivity contribution in [2.45, 2.75) is 6.18 Å². The van der Waals surface area contributed by atoms with Gasteiger partial charge in [0.05, 0.1) is 36.5 Å². The molecule has 1 amide bonds. The van der Waals surface area contributed by atoms with Gasteiger partial charge in [0.15, 0.2) is 0 Å². The maximum atomic E-state index is 12.8. The molecule has 1 aliphatic rings. The number of rotatable bonds is 7. The molecule has 0 aromatic heterocycles. The van der Waals surface area contributed by atoms with E-state index in [2.05, 4.69) is 15.8 Å². The molecule has 0 aliphatic carbocycles. The number of morpholine rings is 1. The number of halogens is 3. The lowest BCUT2D eigenvalue weighted by Gasteiger charge is -2.29. The Morgan fingerprint density at radius 1 is 1.22 bits per heavy atom. The quantitative estimate of drug-likeness (QED) is 0.381. The number of ether oxygens (including phenoxy) is 1. The number of nitro benzene ring substituents is 1. The predicted octanol–water partition coefficient (Wildman–Crippen LogP) is 3.01. The fourth-order valence-electron chi connectivity index (χ4n) is 3.05. The number of hydrazone groups is 1. The van der Waals surface area contributed by atoms with E-state index < -0.39 is 22.6 Å². The zero-order valence-electron chi connectivity index (χ0n) is 16.8. The molecule has 32 heavy (non-hydrogen) atoms. The van der Waals surface area contributed by atoms with Crippen LogP contribution in [0.2, 0.25) is 0 Å². The number of hydrogen-bond donors (Lipinski definition) is 2. The summed E-state index contributed by atoms with van der Waals surface area (Å²) in [4.78, 5) is 24.6. The molecule has 12 heteroatoms. The van der Waals surface area contributed by atoms with E-state index in [1.54, 1.807) is 6.07 Å². The lowest BCUT2D eigenvalue weighted by molar-refractivity contribution is -0.384. The Kier molecular flexibility index (Phi) is 7.25. The molecule has 1 saturated heterocycles. The second kappa shape index (κ2) is 10.1. The van der Waals surface area contributed by atoms with Crippen LogP contribution in [0.15, 0.2) is 47.6 Å². The van der Waals surface area contributed by atoms with Gasteiger partial charge < -0.3 is 15.0 Å². The Morgan fingerprint density at radius 3 is 2.66 bits per heavy atom. The van der Waals surface area contributed by atoms with Crippen LogP contribution in [0.25, 0.3) is 0 Å². The molecule has 2 aromatic carbocycles. The largest absolute Gasteiger partial charge is 0.416 e. The van der Waals surface area contributed by atoms with E-state index in [0.717, 1.165) is 12.1 Å². The lowest BCUT2D eigenvalue weighted by atomic mass is 10.1. The molecule has 2 aromatic rings. The first-order valence-electron chi connectivity index (χ1n) is 9.58. The number of carbonyl (C=O) groups excluding carboxylic acids is 1. The maximum Gasteiger partial charge on any atom is 0.416 e. The highest BCUT2D eigenvalue weighted by Gasteiger charge is 2.30. The molecule has 0 atom stereocenters. The van der Waals surface area contributed by atoms with Crippen molar-refractivity contribution >= 4 is 29.2 Å². The minimum atomic E-state index is -4.49. The third-order valence-corrected chi connectivity index (χ3v) is 4.61. The van der Waals surface area contributed by atoms with E-state index in [0.29, 0.717) is 37.6 Å². The van der Waals surface area contributed by atoms with Crippen LogP contribution in [-0.4, -0.2) is 49.9 Å². The number of benzene rings is 2. The molecule has 0 radical (unpaired) electrons. The maximum absolute atomic E-state index is 12.8. The van der Waals surface area contributed by atoms with Gasteiger partial charge in [0.2, 0.25) is 0 Å². The molecule has 3 rings (SSSR count). The van der Waals surface area contributed by atoms with Crippen LogP contribution < -0.4 is 15.6 Å². The van der Waals surface area contributed by atoms with E-state index in [9.17, 15) is 28.1 Å². The van der Waals surface area contributed by atoms with Gasteiger partial charge in [-0.3, -0.25) is 14.9 Å². The van der Waals surface area contributed by atoms with E-state index >= 15 is 0 Å². The smallest absolute Gasteiger partial charge is 0.378 e. The van der Waals surface area contributed by atoms with Crippen molar-refractivity contribution in [2.75, 3.05) is 43.1 Å². The molecule has 0 saturated carbocycles. The van der Waals surface area contributed by atoms with Gasteiger partial charge in [-0.05, 0) is 24.3 Å². The van der Waals surface area contributed by atoms with Gasteiger partial charge in [-0.15, -0.1) is 0 Å². The third kappa shape index (κ3) is 6.17. The monoisotopic (exact) mass is 451 g/mol. The zero-order chi connectivity index (χ0) is 23.1. The molecule has 9 nitrogen and oxygen atoms in total. The minimum absolute atomic E-state index is 0.124. The van der Waals surface area contributed by atoms with Crippen LogP contribution in [0.3, 0.4) is 0 Å². The molecule has 1 heterocycles. The second-order valence-corrected chi connectivity index (χ2v) is 6.82. The molecule has 2 N–H and O–H groups in total. The summed E-state index contributed by atoms with van der Waals surface area (Å²) in [5.41, 5.74) is 2.58. The predicted molar refractivity (Wildman–Crippen MR) is 112 cm³/mol. The van der Waals surface area contributed by atoms with Crippen molar-refractivity contribution in [3.8, 4) is 0 Å². The van der Waals surface area contributed by atoms with Crippen molar-refractivity contribution in [2.24, 2.45) is 5.10 Å². The Hall–Kier alpha value is -3.67. The fourth-order valence-corrected chi connectivity index (χ4v) is 3.05. The van der Waals surface area contributed by atoms with Gasteiger partial charge in [0.1, 0.15) is 0 Å². The highest BCUT2D eigenvalue weighted by atomic mass is 19.4. The Bertz CT molecular complexity index is 1010. The average molecular weight is 451 g/mol. The van der Waals surface area contributed by atoms with Crippen LogP contribution in [0, 0.1) is 10.1 Å². The number of nitrogens with one attached hydrogen (secondary N) is 2. The van der Waals surface area contributed by atoms with E-state index in [1.807, 2.05) is 4.90 Å². The average Bonchev–Trinajstić information content (AvgIpc) is 2.78. The number of hydrogen-bond acceptors (Lipinski definition) is 7. The molecule has 170 valence electrons. The van der Waals surface area contributed by atoms with Gasteiger partial charge in [-0.25, -0.2) is 5.43 Å². The van der Waals surface area contributed by atoms with E-state index in [-0.39, 0.29) is 17.9 Å². The SMILES string of the molecule is O=C(CNc1cccc(C(F)(F)F)c1)N/N=C\c1cc([N+](=O)[O-])ccc1N1CCOCC1. The van der Waals surface area contributed by atoms with Crippen molar-refractivity contribution in [1.29, 1.82) is 0 Å². The van der Waals surface area contributed by atoms with Crippen molar-refractivity contribution in [3.63, 3.8) is 0 Å². The summed E-state index contributed by atoms with van der Waals surface area (Å²) in [6.45, 7) is 1.93. The summed E-state index contributed by atoms with van der Waals surface area (Å²) in [6.07, 6.45) is -3.19. The first-order valence-corrected chi connectivity index (χ1v) is 9.58. The molecule has 0 bridgehead atoms. The van der Waals surface area contributed by atoms with Crippen molar-refractivity contribution in [1.82, 2.24) is 5.43 Å². The van der Waals surface area contributed by atoms with Gasteiger partial charge >= 0.3 is 6.18 Å². The molecule has 0 spiro atoms. The van der Waals surface area contributed by atoms with Gasteiger partial charge in [0.25, 0.3) is 11.6 Å². The summed E-state index contributed by atoms with van der Waals surface area (Å²) in [5.74, 6) is -0.600. The highest BCUT2D eigenvalue weighted by molar-refractivity contribution is 5.90. The third-order valence-electron chi connectivity index (χ3n) is 4.61. The first kappa shape index (κ1) is 23.0. The lowest BCUT2D eigenvalue weighted by Crippen LogP contribution is -2.36. The molecule has 1 aliphatic heterocycles. The Labute approximate surface area is 181 Å². The van der Waals surface area contributed by atoms with Crippen LogP contribution in [-0.2, 0) is 15.7 Å². The molecular formula is C20H20F3N5O4. The minimum Gasteiger partial charge on any atom is -0.378 e. The van der Waals surface area contributed by atoms with Crippen LogP contribution in [0.5, 0.6) is 0 Å². The number of non-ortho nitro benzene ring substituents is 1. The number of nitro groups is 1. The van der Waals surface area contributed by atoms with E-state index in [4.69, 9.17) is 4.74 Å². The summed E-state index contributed by atoms with van der Waals surface area (Å²) in [7, 11) is 0.